The van der Waals surface area contributed by atoms with Crippen LogP contribution in [0.1, 0.15) is 64.2 Å². The molecular weight excluding hydrogens is 262 g/mol. The average Bonchev–Trinajstić information content (AvgIpc) is 2.99. The van der Waals surface area contributed by atoms with Gasteiger partial charge in [-0.1, -0.05) is 0 Å². The van der Waals surface area contributed by atoms with E-state index in [9.17, 15) is 0 Å². The minimum atomic E-state index is 0.291. The van der Waals surface area contributed by atoms with Crippen molar-refractivity contribution in [2.45, 2.75) is 71.0 Å². The van der Waals surface area contributed by atoms with Gasteiger partial charge in [0.2, 0.25) is 0 Å². The van der Waals surface area contributed by atoms with Crippen LogP contribution in [0.3, 0.4) is 0 Å². The third kappa shape index (κ3) is 3.29. The Morgan fingerprint density at radius 1 is 1.33 bits per heavy atom. The number of hydrogen-bond acceptors (Lipinski definition) is 4. The molecule has 2 N–H and O–H groups in total. The first kappa shape index (κ1) is 15.0. The van der Waals surface area contributed by atoms with Crippen LogP contribution in [0.2, 0.25) is 0 Å². The molecule has 21 heavy (non-hydrogen) atoms. The van der Waals surface area contributed by atoms with E-state index in [1.807, 2.05) is 4.68 Å². The third-order valence-corrected chi connectivity index (χ3v) is 5.53. The van der Waals surface area contributed by atoms with Gasteiger partial charge in [-0.05, 0) is 70.9 Å². The largest absolute Gasteiger partial charge is 0.317 e. The number of aryl methyl sites for hydroxylation is 1. The van der Waals surface area contributed by atoms with Gasteiger partial charge in [0.15, 0.2) is 0 Å². The van der Waals surface area contributed by atoms with Crippen LogP contribution in [-0.4, -0.2) is 33.9 Å². The summed E-state index contributed by atoms with van der Waals surface area (Å²) in [4.78, 5) is 4.42. The summed E-state index contributed by atoms with van der Waals surface area (Å²) >= 11 is 0. The van der Waals surface area contributed by atoms with Crippen LogP contribution in [0.15, 0.2) is 6.33 Å². The quantitative estimate of drug-likeness (QED) is 0.893. The fourth-order valence-electron chi connectivity index (χ4n) is 4.13. The number of hydrogen-bond donors (Lipinski definition) is 2. The molecule has 5 heteroatoms. The summed E-state index contributed by atoms with van der Waals surface area (Å²) in [5, 5.41) is 11.6. The molecule has 1 aromatic rings. The topological polar surface area (TPSA) is 54.8 Å². The Kier molecular flexibility index (Phi) is 4.60. The van der Waals surface area contributed by atoms with Gasteiger partial charge in [0.25, 0.3) is 0 Å². The molecule has 1 atom stereocenters. The number of aromatic nitrogens is 3. The van der Waals surface area contributed by atoms with Gasteiger partial charge < -0.3 is 10.6 Å². The van der Waals surface area contributed by atoms with E-state index >= 15 is 0 Å². The standard InChI is InChI=1S/C16H29N5/c1-3-21-15(18-12-19-21)13(2)20-14-4-6-16(7-5-14)8-10-17-11-9-16/h12-14,17,20H,3-11H2,1-2H3/t13-/m1/s1. The number of nitrogens with one attached hydrogen (secondary N) is 2. The lowest BCUT2D eigenvalue weighted by molar-refractivity contribution is 0.112. The summed E-state index contributed by atoms with van der Waals surface area (Å²) in [6, 6.07) is 0.932. The van der Waals surface area contributed by atoms with Crippen molar-refractivity contribution in [3.63, 3.8) is 0 Å². The normalized spacial score (nSPS) is 24.3. The zero-order chi connectivity index (χ0) is 14.7. The molecule has 2 fully saturated rings. The summed E-state index contributed by atoms with van der Waals surface area (Å²) in [6.45, 7) is 7.65. The zero-order valence-electron chi connectivity index (χ0n) is 13.4. The summed E-state index contributed by atoms with van der Waals surface area (Å²) in [5.74, 6) is 1.07. The van der Waals surface area contributed by atoms with Crippen molar-refractivity contribution < 1.29 is 0 Å². The highest BCUT2D eigenvalue weighted by atomic mass is 15.3. The summed E-state index contributed by atoms with van der Waals surface area (Å²) in [5.41, 5.74) is 0.649. The number of rotatable bonds is 4. The fraction of sp³-hybridized carbons (Fsp3) is 0.875. The first-order chi connectivity index (χ1) is 10.2. The van der Waals surface area contributed by atoms with E-state index in [0.717, 1.165) is 12.4 Å². The van der Waals surface area contributed by atoms with Crippen molar-refractivity contribution in [1.29, 1.82) is 0 Å². The molecule has 3 rings (SSSR count). The number of nitrogens with zero attached hydrogens (tertiary/aromatic N) is 3. The van der Waals surface area contributed by atoms with E-state index < -0.39 is 0 Å². The Morgan fingerprint density at radius 3 is 2.71 bits per heavy atom. The van der Waals surface area contributed by atoms with E-state index in [-0.39, 0.29) is 0 Å². The maximum Gasteiger partial charge on any atom is 0.143 e. The Balaban J connectivity index is 1.53. The van der Waals surface area contributed by atoms with E-state index in [0.29, 0.717) is 17.5 Å². The van der Waals surface area contributed by atoms with Crippen LogP contribution in [0.4, 0.5) is 0 Å². The molecular formula is C16H29N5. The first-order valence-electron chi connectivity index (χ1n) is 8.57. The van der Waals surface area contributed by atoms with Gasteiger partial charge >= 0.3 is 0 Å². The van der Waals surface area contributed by atoms with E-state index in [4.69, 9.17) is 0 Å². The highest BCUT2D eigenvalue weighted by Crippen LogP contribution is 2.43. The maximum atomic E-state index is 4.42. The molecule has 0 bridgehead atoms. The molecule has 0 aromatic carbocycles. The Bertz CT molecular complexity index is 439. The molecule has 1 aromatic heterocycles. The predicted octanol–water partition coefficient (Wildman–Crippen LogP) is 2.26. The Hall–Kier alpha value is -0.940. The third-order valence-electron chi connectivity index (χ3n) is 5.53. The zero-order valence-corrected chi connectivity index (χ0v) is 13.4. The molecule has 1 saturated heterocycles. The molecule has 1 aliphatic carbocycles. The molecule has 0 radical (unpaired) electrons. The van der Waals surface area contributed by atoms with Crippen molar-refractivity contribution in [3.05, 3.63) is 12.2 Å². The highest BCUT2D eigenvalue weighted by molar-refractivity contribution is 4.96. The monoisotopic (exact) mass is 291 g/mol. The molecule has 0 unspecified atom stereocenters. The lowest BCUT2D eigenvalue weighted by atomic mass is 9.67. The molecule has 1 spiro atoms. The average molecular weight is 291 g/mol. The second kappa shape index (κ2) is 6.44. The van der Waals surface area contributed by atoms with Gasteiger partial charge in [-0.3, -0.25) is 0 Å². The molecule has 0 amide bonds. The summed E-state index contributed by atoms with van der Waals surface area (Å²) in [7, 11) is 0. The van der Waals surface area contributed by atoms with Crippen molar-refractivity contribution in [3.8, 4) is 0 Å². The maximum absolute atomic E-state index is 4.42. The minimum Gasteiger partial charge on any atom is -0.317 e. The van der Waals surface area contributed by atoms with E-state index in [1.165, 1.54) is 51.6 Å². The Labute approximate surface area is 127 Å². The van der Waals surface area contributed by atoms with Crippen molar-refractivity contribution in [2.75, 3.05) is 13.1 Å². The minimum absolute atomic E-state index is 0.291. The molecule has 2 heterocycles. The van der Waals surface area contributed by atoms with Crippen LogP contribution in [0, 0.1) is 5.41 Å². The molecule has 1 aliphatic heterocycles. The summed E-state index contributed by atoms with van der Waals surface area (Å²) < 4.78 is 1.99. The van der Waals surface area contributed by atoms with E-state index in [1.54, 1.807) is 6.33 Å². The Morgan fingerprint density at radius 2 is 2.05 bits per heavy atom. The summed E-state index contributed by atoms with van der Waals surface area (Å²) in [6.07, 6.45) is 9.81. The fourth-order valence-corrected chi connectivity index (χ4v) is 4.13. The van der Waals surface area contributed by atoms with Crippen molar-refractivity contribution >= 4 is 0 Å². The number of piperidine rings is 1. The second-order valence-corrected chi connectivity index (χ2v) is 6.85. The predicted molar refractivity (Wildman–Crippen MR) is 84.0 cm³/mol. The lowest BCUT2D eigenvalue weighted by Crippen LogP contribution is -2.43. The van der Waals surface area contributed by atoms with Crippen molar-refractivity contribution in [2.24, 2.45) is 5.41 Å². The van der Waals surface area contributed by atoms with Gasteiger partial charge in [0.1, 0.15) is 12.2 Å². The lowest BCUT2D eigenvalue weighted by Gasteiger charge is -2.43. The van der Waals surface area contributed by atoms with E-state index in [2.05, 4.69) is 34.6 Å². The van der Waals surface area contributed by atoms with Crippen LogP contribution in [0.25, 0.3) is 0 Å². The molecule has 1 saturated carbocycles. The van der Waals surface area contributed by atoms with Crippen LogP contribution < -0.4 is 10.6 Å². The molecule has 2 aliphatic rings. The smallest absolute Gasteiger partial charge is 0.143 e. The second-order valence-electron chi connectivity index (χ2n) is 6.85. The van der Waals surface area contributed by atoms with Gasteiger partial charge in [-0.25, -0.2) is 9.67 Å². The first-order valence-corrected chi connectivity index (χ1v) is 8.57. The highest BCUT2D eigenvalue weighted by Gasteiger charge is 2.36. The van der Waals surface area contributed by atoms with Gasteiger partial charge in [-0.2, -0.15) is 5.10 Å². The van der Waals surface area contributed by atoms with Crippen LogP contribution in [-0.2, 0) is 6.54 Å². The van der Waals surface area contributed by atoms with Gasteiger partial charge in [-0.15, -0.1) is 0 Å². The van der Waals surface area contributed by atoms with Crippen LogP contribution in [0.5, 0.6) is 0 Å². The molecule has 118 valence electrons. The van der Waals surface area contributed by atoms with Gasteiger partial charge in [0.05, 0.1) is 6.04 Å². The van der Waals surface area contributed by atoms with Crippen LogP contribution >= 0.6 is 0 Å². The SMILES string of the molecule is CCn1ncnc1[C@@H](C)NC1CCC2(CCNCC2)CC1. The molecule has 5 nitrogen and oxygen atoms in total. The van der Waals surface area contributed by atoms with Gasteiger partial charge in [0, 0.05) is 12.6 Å². The van der Waals surface area contributed by atoms with Crippen molar-refractivity contribution in [1.82, 2.24) is 25.4 Å².